The first-order valence-corrected chi connectivity index (χ1v) is 6.29. The van der Waals surface area contributed by atoms with Crippen molar-refractivity contribution in [1.82, 2.24) is 0 Å². The minimum atomic E-state index is 0.103. The number of halogens is 1. The van der Waals surface area contributed by atoms with Crippen molar-refractivity contribution >= 4 is 23.0 Å². The summed E-state index contributed by atoms with van der Waals surface area (Å²) >= 11 is 6.13. The highest BCUT2D eigenvalue weighted by atomic mass is 35.5. The first kappa shape index (κ1) is 13.3. The van der Waals surface area contributed by atoms with E-state index < -0.39 is 0 Å². The Balaban J connectivity index is 2.17. The molecule has 0 radical (unpaired) electrons. The first-order chi connectivity index (χ1) is 9.10. The van der Waals surface area contributed by atoms with Gasteiger partial charge in [-0.15, -0.1) is 0 Å². The number of nitrogen functional groups attached to an aromatic ring is 1. The highest BCUT2D eigenvalue weighted by molar-refractivity contribution is 6.33. The average Bonchev–Trinajstić information content (AvgIpc) is 2.41. The Hall–Kier alpha value is -2.18. The van der Waals surface area contributed by atoms with Crippen LogP contribution < -0.4 is 11.1 Å². The van der Waals surface area contributed by atoms with Crippen LogP contribution in [0.15, 0.2) is 42.5 Å². The van der Waals surface area contributed by atoms with Crippen LogP contribution in [0, 0.1) is 11.3 Å². The van der Waals surface area contributed by atoms with Crippen LogP contribution in [0.25, 0.3) is 0 Å². The molecule has 19 heavy (non-hydrogen) atoms. The Labute approximate surface area is 117 Å². The second-order valence-electron chi connectivity index (χ2n) is 4.34. The molecule has 4 heteroatoms. The molecule has 3 nitrogen and oxygen atoms in total. The van der Waals surface area contributed by atoms with Gasteiger partial charge in [-0.1, -0.05) is 23.7 Å². The van der Waals surface area contributed by atoms with E-state index in [1.807, 2.05) is 37.3 Å². The lowest BCUT2D eigenvalue weighted by Crippen LogP contribution is -2.07. The Morgan fingerprint density at radius 1 is 1.21 bits per heavy atom. The van der Waals surface area contributed by atoms with Crippen molar-refractivity contribution in [3.05, 3.63) is 58.6 Å². The smallest absolute Gasteiger partial charge is 0.0992 e. The molecule has 96 valence electrons. The molecule has 2 rings (SSSR count). The van der Waals surface area contributed by atoms with Crippen LogP contribution in [0.1, 0.15) is 24.1 Å². The summed E-state index contributed by atoms with van der Waals surface area (Å²) in [4.78, 5) is 0. The van der Waals surface area contributed by atoms with E-state index in [0.29, 0.717) is 10.6 Å². The molecule has 0 aliphatic heterocycles. The Morgan fingerprint density at radius 2 is 1.89 bits per heavy atom. The molecule has 0 bridgehead atoms. The molecule has 3 N–H and O–H groups in total. The van der Waals surface area contributed by atoms with E-state index in [2.05, 4.69) is 11.4 Å². The van der Waals surface area contributed by atoms with Crippen LogP contribution in [0.5, 0.6) is 0 Å². The van der Waals surface area contributed by atoms with Crippen molar-refractivity contribution < 1.29 is 0 Å². The molecule has 2 aromatic rings. The van der Waals surface area contributed by atoms with Crippen LogP contribution in [-0.2, 0) is 0 Å². The first-order valence-electron chi connectivity index (χ1n) is 5.92. The standard InChI is InChI=1S/C15H14ClN3/c1-10(12-3-5-13(18)6-4-12)19-15-7-2-11(9-17)8-14(15)16/h2-8,10,19H,18H2,1H3. The Bertz CT molecular complexity index is 614. The van der Waals surface area contributed by atoms with Crippen LogP contribution in [0.2, 0.25) is 5.02 Å². The van der Waals surface area contributed by atoms with E-state index in [-0.39, 0.29) is 6.04 Å². The molecule has 2 aromatic carbocycles. The molecular formula is C15H14ClN3. The van der Waals surface area contributed by atoms with Gasteiger partial charge in [0.15, 0.2) is 0 Å². The quantitative estimate of drug-likeness (QED) is 0.831. The third-order valence-electron chi connectivity index (χ3n) is 2.91. The van der Waals surface area contributed by atoms with Crippen LogP contribution in [0.4, 0.5) is 11.4 Å². The third kappa shape index (κ3) is 3.18. The van der Waals surface area contributed by atoms with Gasteiger partial charge in [0.2, 0.25) is 0 Å². The molecule has 0 aromatic heterocycles. The topological polar surface area (TPSA) is 61.8 Å². The number of benzene rings is 2. The fourth-order valence-corrected chi connectivity index (χ4v) is 2.04. The number of nitrogens with zero attached hydrogens (tertiary/aromatic N) is 1. The predicted octanol–water partition coefficient (Wildman–Crippen LogP) is 3.97. The van der Waals surface area contributed by atoms with Gasteiger partial charge in [0, 0.05) is 11.7 Å². The highest BCUT2D eigenvalue weighted by Gasteiger charge is 2.08. The molecule has 0 fully saturated rings. The summed E-state index contributed by atoms with van der Waals surface area (Å²) in [7, 11) is 0. The number of nitriles is 1. The van der Waals surface area contributed by atoms with E-state index in [0.717, 1.165) is 16.9 Å². The van der Waals surface area contributed by atoms with Gasteiger partial charge in [-0.05, 0) is 42.8 Å². The molecule has 0 aliphatic carbocycles. The van der Waals surface area contributed by atoms with E-state index in [4.69, 9.17) is 22.6 Å². The van der Waals surface area contributed by atoms with Crippen molar-refractivity contribution in [3.8, 4) is 6.07 Å². The van der Waals surface area contributed by atoms with E-state index in [1.54, 1.807) is 12.1 Å². The molecule has 1 unspecified atom stereocenters. The summed E-state index contributed by atoms with van der Waals surface area (Å²) in [6.45, 7) is 2.04. The van der Waals surface area contributed by atoms with Gasteiger partial charge in [0.05, 0.1) is 22.3 Å². The fourth-order valence-electron chi connectivity index (χ4n) is 1.80. The van der Waals surface area contributed by atoms with Gasteiger partial charge in [-0.2, -0.15) is 5.26 Å². The van der Waals surface area contributed by atoms with E-state index in [9.17, 15) is 0 Å². The predicted molar refractivity (Wildman–Crippen MR) is 79.1 cm³/mol. The second kappa shape index (κ2) is 5.64. The van der Waals surface area contributed by atoms with Crippen molar-refractivity contribution in [1.29, 1.82) is 5.26 Å². The van der Waals surface area contributed by atoms with Crippen LogP contribution >= 0.6 is 11.6 Å². The van der Waals surface area contributed by atoms with Gasteiger partial charge in [-0.25, -0.2) is 0 Å². The lowest BCUT2D eigenvalue weighted by atomic mass is 10.1. The summed E-state index contributed by atoms with van der Waals surface area (Å²) in [5, 5.41) is 12.7. The van der Waals surface area contributed by atoms with Gasteiger partial charge in [0.1, 0.15) is 0 Å². The highest BCUT2D eigenvalue weighted by Crippen LogP contribution is 2.27. The summed E-state index contributed by atoms with van der Waals surface area (Å²) in [5.41, 5.74) is 8.89. The Morgan fingerprint density at radius 3 is 2.47 bits per heavy atom. The zero-order chi connectivity index (χ0) is 13.8. The normalized spacial score (nSPS) is 11.6. The van der Waals surface area contributed by atoms with Gasteiger partial charge >= 0.3 is 0 Å². The fraction of sp³-hybridized carbons (Fsp3) is 0.133. The lowest BCUT2D eigenvalue weighted by Gasteiger charge is -2.17. The third-order valence-corrected chi connectivity index (χ3v) is 3.22. The van der Waals surface area contributed by atoms with Crippen LogP contribution in [-0.4, -0.2) is 0 Å². The lowest BCUT2D eigenvalue weighted by molar-refractivity contribution is 0.885. The monoisotopic (exact) mass is 271 g/mol. The number of hydrogen-bond donors (Lipinski definition) is 2. The number of nitrogens with two attached hydrogens (primary N) is 1. The van der Waals surface area contributed by atoms with Crippen molar-refractivity contribution in [2.75, 3.05) is 11.1 Å². The molecular weight excluding hydrogens is 258 g/mol. The molecule has 0 aliphatic rings. The van der Waals surface area contributed by atoms with Crippen molar-refractivity contribution in [2.24, 2.45) is 0 Å². The molecule has 0 saturated heterocycles. The van der Waals surface area contributed by atoms with Gasteiger partial charge < -0.3 is 11.1 Å². The zero-order valence-electron chi connectivity index (χ0n) is 10.5. The molecule has 0 saturated carbocycles. The second-order valence-corrected chi connectivity index (χ2v) is 4.75. The van der Waals surface area contributed by atoms with Crippen LogP contribution in [0.3, 0.4) is 0 Å². The molecule has 0 spiro atoms. The largest absolute Gasteiger partial charge is 0.399 e. The molecule has 1 atom stereocenters. The number of anilines is 2. The summed E-state index contributed by atoms with van der Waals surface area (Å²) < 4.78 is 0. The summed E-state index contributed by atoms with van der Waals surface area (Å²) in [6, 6.07) is 15.1. The number of rotatable bonds is 3. The van der Waals surface area contributed by atoms with E-state index in [1.165, 1.54) is 0 Å². The van der Waals surface area contributed by atoms with Crippen molar-refractivity contribution in [3.63, 3.8) is 0 Å². The summed E-state index contributed by atoms with van der Waals surface area (Å²) in [6.07, 6.45) is 0. The van der Waals surface area contributed by atoms with Gasteiger partial charge in [-0.3, -0.25) is 0 Å². The van der Waals surface area contributed by atoms with Gasteiger partial charge in [0.25, 0.3) is 0 Å². The minimum Gasteiger partial charge on any atom is -0.399 e. The molecule has 0 amide bonds. The molecule has 0 heterocycles. The zero-order valence-corrected chi connectivity index (χ0v) is 11.3. The number of nitrogens with one attached hydrogen (secondary N) is 1. The average molecular weight is 272 g/mol. The number of hydrogen-bond acceptors (Lipinski definition) is 3. The maximum atomic E-state index is 8.80. The van der Waals surface area contributed by atoms with E-state index >= 15 is 0 Å². The Kier molecular flexibility index (Phi) is 3.94. The maximum Gasteiger partial charge on any atom is 0.0992 e. The maximum absolute atomic E-state index is 8.80. The minimum absolute atomic E-state index is 0.103. The van der Waals surface area contributed by atoms with Crippen molar-refractivity contribution in [2.45, 2.75) is 13.0 Å². The summed E-state index contributed by atoms with van der Waals surface area (Å²) in [5.74, 6) is 0. The SMILES string of the molecule is CC(Nc1ccc(C#N)cc1Cl)c1ccc(N)cc1.